The second-order valence-corrected chi connectivity index (χ2v) is 5.55. The van der Waals surface area contributed by atoms with Crippen molar-refractivity contribution in [3.05, 3.63) is 59.4 Å². The number of carbonyl (C=O) groups is 1. The smallest absolute Gasteiger partial charge is 0.258 e. The van der Waals surface area contributed by atoms with Gasteiger partial charge >= 0.3 is 0 Å². The fourth-order valence-corrected chi connectivity index (χ4v) is 2.21. The first-order chi connectivity index (χ1) is 11.8. The Labute approximate surface area is 145 Å². The minimum Gasteiger partial charge on any atom is -0.426 e. The van der Waals surface area contributed by atoms with Crippen molar-refractivity contribution in [2.24, 2.45) is 0 Å². The lowest BCUT2D eigenvalue weighted by Crippen LogP contribution is -2.18. The molecule has 2 aromatic rings. The Morgan fingerprint density at radius 3 is 2.44 bits per heavy atom. The van der Waals surface area contributed by atoms with Crippen molar-refractivity contribution in [2.75, 3.05) is 24.3 Å². The van der Waals surface area contributed by atoms with Gasteiger partial charge in [0.05, 0.1) is 16.9 Å². The zero-order chi connectivity index (χ0) is 18.6. The summed E-state index contributed by atoms with van der Waals surface area (Å²) in [5, 5.41) is 17.8. The summed E-state index contributed by atoms with van der Waals surface area (Å²) < 4.78 is 18.8. The molecule has 1 amide bonds. The number of ether oxygens (including phenoxy) is 1. The van der Waals surface area contributed by atoms with E-state index in [0.29, 0.717) is 16.9 Å². The summed E-state index contributed by atoms with van der Waals surface area (Å²) in [5.74, 6) is -1.52. The van der Waals surface area contributed by atoms with Gasteiger partial charge in [0.2, 0.25) is 5.90 Å². The van der Waals surface area contributed by atoms with Gasteiger partial charge < -0.3 is 15.0 Å². The standard InChI is InChI=1S/C18H19FN4O2/c1-11(20)25-17(21)12-8-9-16(23(2)3)15(10-12)22-18(24)13-6-4-5-7-14(13)19/h4-10,20-21H,1-3H3,(H,22,24). The molecule has 0 saturated carbocycles. The van der Waals surface area contributed by atoms with Crippen LogP contribution in [0.3, 0.4) is 0 Å². The van der Waals surface area contributed by atoms with Gasteiger partial charge in [-0.2, -0.15) is 0 Å². The first-order valence-corrected chi connectivity index (χ1v) is 7.48. The van der Waals surface area contributed by atoms with E-state index >= 15 is 0 Å². The molecular weight excluding hydrogens is 323 g/mol. The maximum absolute atomic E-state index is 13.8. The van der Waals surface area contributed by atoms with Crippen molar-refractivity contribution in [3.8, 4) is 0 Å². The Bertz CT molecular complexity index is 834. The third kappa shape index (κ3) is 4.41. The second kappa shape index (κ2) is 7.57. The van der Waals surface area contributed by atoms with E-state index in [9.17, 15) is 9.18 Å². The molecule has 3 N–H and O–H groups in total. The molecule has 0 spiro atoms. The summed E-state index contributed by atoms with van der Waals surface area (Å²) in [6.07, 6.45) is 0. The molecule has 7 heteroatoms. The van der Waals surface area contributed by atoms with Crippen LogP contribution in [0.1, 0.15) is 22.8 Å². The molecule has 0 saturated heterocycles. The van der Waals surface area contributed by atoms with Crippen molar-refractivity contribution >= 4 is 29.1 Å². The maximum Gasteiger partial charge on any atom is 0.258 e. The summed E-state index contributed by atoms with van der Waals surface area (Å²) in [6, 6.07) is 10.6. The SMILES string of the molecule is CC(=N)OC(=N)c1ccc(N(C)C)c(NC(=O)c2ccccc2F)c1. The summed E-state index contributed by atoms with van der Waals surface area (Å²) in [5.41, 5.74) is 1.42. The van der Waals surface area contributed by atoms with Crippen LogP contribution >= 0.6 is 0 Å². The normalized spacial score (nSPS) is 10.1. The fraction of sp³-hybridized carbons (Fsp3) is 0.167. The van der Waals surface area contributed by atoms with E-state index in [4.69, 9.17) is 15.6 Å². The number of hydrogen-bond acceptors (Lipinski definition) is 5. The molecule has 0 atom stereocenters. The Balaban J connectivity index is 2.37. The number of nitrogens with one attached hydrogen (secondary N) is 3. The van der Waals surface area contributed by atoms with E-state index in [2.05, 4.69) is 5.32 Å². The minimum absolute atomic E-state index is 0.0701. The number of halogens is 1. The van der Waals surface area contributed by atoms with Gasteiger partial charge in [-0.3, -0.25) is 15.6 Å². The van der Waals surface area contributed by atoms with Gasteiger partial charge in [0.25, 0.3) is 5.91 Å². The lowest BCUT2D eigenvalue weighted by Gasteiger charge is -2.19. The van der Waals surface area contributed by atoms with Gasteiger partial charge in [-0.25, -0.2) is 4.39 Å². The number of carbonyl (C=O) groups excluding carboxylic acids is 1. The number of nitrogens with zero attached hydrogens (tertiary/aromatic N) is 1. The van der Waals surface area contributed by atoms with E-state index in [1.807, 2.05) is 0 Å². The quantitative estimate of drug-likeness (QED) is 0.587. The van der Waals surface area contributed by atoms with Crippen LogP contribution in [-0.2, 0) is 4.74 Å². The van der Waals surface area contributed by atoms with Crippen LogP contribution in [0.2, 0.25) is 0 Å². The molecule has 25 heavy (non-hydrogen) atoms. The molecule has 130 valence electrons. The molecule has 0 bridgehead atoms. The molecular formula is C18H19FN4O2. The van der Waals surface area contributed by atoms with Gasteiger partial charge in [-0.15, -0.1) is 0 Å². The van der Waals surface area contributed by atoms with E-state index in [0.717, 1.165) is 0 Å². The predicted octanol–water partition coefficient (Wildman–Crippen LogP) is 3.48. The Kier molecular flexibility index (Phi) is 5.49. The Hall–Kier alpha value is -3.22. The van der Waals surface area contributed by atoms with Crippen molar-refractivity contribution in [1.82, 2.24) is 0 Å². The average molecular weight is 342 g/mol. The Morgan fingerprint density at radius 1 is 1.16 bits per heavy atom. The van der Waals surface area contributed by atoms with Gasteiger partial charge in [-0.1, -0.05) is 12.1 Å². The minimum atomic E-state index is -0.613. The second-order valence-electron chi connectivity index (χ2n) is 5.55. The van der Waals surface area contributed by atoms with Crippen LogP contribution in [-0.4, -0.2) is 31.8 Å². The monoisotopic (exact) mass is 342 g/mol. The average Bonchev–Trinajstić information content (AvgIpc) is 2.54. The first kappa shape index (κ1) is 18.1. The highest BCUT2D eigenvalue weighted by molar-refractivity contribution is 6.07. The summed E-state index contributed by atoms with van der Waals surface area (Å²) in [6.45, 7) is 1.42. The lowest BCUT2D eigenvalue weighted by molar-refractivity contribution is 0.102. The molecule has 0 aliphatic carbocycles. The van der Waals surface area contributed by atoms with Gasteiger partial charge in [0.15, 0.2) is 5.90 Å². The van der Waals surface area contributed by atoms with Crippen LogP contribution in [0.5, 0.6) is 0 Å². The molecule has 0 radical (unpaired) electrons. The highest BCUT2D eigenvalue weighted by Crippen LogP contribution is 2.27. The fourth-order valence-electron chi connectivity index (χ4n) is 2.21. The van der Waals surface area contributed by atoms with Crippen molar-refractivity contribution < 1.29 is 13.9 Å². The molecule has 0 aliphatic rings. The number of anilines is 2. The van der Waals surface area contributed by atoms with Crippen LogP contribution in [0, 0.1) is 16.6 Å². The van der Waals surface area contributed by atoms with Crippen LogP contribution < -0.4 is 10.2 Å². The maximum atomic E-state index is 13.8. The van der Waals surface area contributed by atoms with Crippen molar-refractivity contribution in [1.29, 1.82) is 10.8 Å². The lowest BCUT2D eigenvalue weighted by atomic mass is 10.1. The highest BCUT2D eigenvalue weighted by atomic mass is 19.1. The molecule has 0 aliphatic heterocycles. The van der Waals surface area contributed by atoms with E-state index in [1.165, 1.54) is 25.1 Å². The molecule has 0 fully saturated rings. The van der Waals surface area contributed by atoms with Crippen LogP contribution in [0.25, 0.3) is 0 Å². The van der Waals surface area contributed by atoms with Gasteiger partial charge in [-0.05, 0) is 30.3 Å². The molecule has 0 aromatic heterocycles. The van der Waals surface area contributed by atoms with Gasteiger partial charge in [0, 0.05) is 26.6 Å². The Morgan fingerprint density at radius 2 is 1.84 bits per heavy atom. The van der Waals surface area contributed by atoms with E-state index in [1.54, 1.807) is 43.3 Å². The highest BCUT2D eigenvalue weighted by Gasteiger charge is 2.16. The summed E-state index contributed by atoms with van der Waals surface area (Å²) >= 11 is 0. The third-order valence-corrected chi connectivity index (χ3v) is 3.36. The predicted molar refractivity (Wildman–Crippen MR) is 96.4 cm³/mol. The van der Waals surface area contributed by atoms with Crippen molar-refractivity contribution in [3.63, 3.8) is 0 Å². The zero-order valence-corrected chi connectivity index (χ0v) is 14.2. The number of rotatable bonds is 4. The number of amides is 1. The van der Waals surface area contributed by atoms with Crippen LogP contribution in [0.4, 0.5) is 15.8 Å². The van der Waals surface area contributed by atoms with Gasteiger partial charge in [0.1, 0.15) is 5.82 Å². The molecule has 0 heterocycles. The third-order valence-electron chi connectivity index (χ3n) is 3.36. The van der Waals surface area contributed by atoms with E-state index < -0.39 is 11.7 Å². The molecule has 2 rings (SSSR count). The molecule has 2 aromatic carbocycles. The number of hydrogen-bond donors (Lipinski definition) is 3. The summed E-state index contributed by atoms with van der Waals surface area (Å²) in [7, 11) is 3.61. The largest absolute Gasteiger partial charge is 0.426 e. The summed E-state index contributed by atoms with van der Waals surface area (Å²) in [4.78, 5) is 14.2. The molecule has 6 nitrogen and oxygen atoms in total. The first-order valence-electron chi connectivity index (χ1n) is 7.48. The molecule has 0 unspecified atom stereocenters. The topological polar surface area (TPSA) is 89.3 Å². The zero-order valence-electron chi connectivity index (χ0n) is 14.2. The van der Waals surface area contributed by atoms with Crippen LogP contribution in [0.15, 0.2) is 42.5 Å². The van der Waals surface area contributed by atoms with E-state index in [-0.39, 0.29) is 17.4 Å². The van der Waals surface area contributed by atoms with Crippen molar-refractivity contribution in [2.45, 2.75) is 6.92 Å². The number of benzene rings is 2.